The predicted molar refractivity (Wildman–Crippen MR) is 78.1 cm³/mol. The van der Waals surface area contributed by atoms with Gasteiger partial charge in [-0.25, -0.2) is 0 Å². The highest BCUT2D eigenvalue weighted by molar-refractivity contribution is 5.35. The highest BCUT2D eigenvalue weighted by Crippen LogP contribution is 2.25. The van der Waals surface area contributed by atoms with Crippen LogP contribution >= 0.6 is 0 Å². The number of ether oxygens (including phenoxy) is 1. The molecule has 0 aliphatic rings. The molecule has 102 valence electrons. The highest BCUT2D eigenvalue weighted by Gasteiger charge is 2.11. The molecule has 18 heavy (non-hydrogen) atoms. The van der Waals surface area contributed by atoms with Gasteiger partial charge in [0.25, 0.3) is 0 Å². The molecule has 0 saturated heterocycles. The summed E-state index contributed by atoms with van der Waals surface area (Å²) in [4.78, 5) is 0. The van der Waals surface area contributed by atoms with E-state index in [1.807, 2.05) is 6.07 Å². The molecular formula is C16H27NO. The zero-order valence-corrected chi connectivity index (χ0v) is 12.2. The van der Waals surface area contributed by atoms with Crippen molar-refractivity contribution in [1.29, 1.82) is 0 Å². The van der Waals surface area contributed by atoms with Crippen LogP contribution in [0.25, 0.3) is 0 Å². The maximum absolute atomic E-state index is 5.95. The number of nitrogens with one attached hydrogen (secondary N) is 1. The van der Waals surface area contributed by atoms with Gasteiger partial charge in [0, 0.05) is 11.6 Å². The van der Waals surface area contributed by atoms with E-state index in [4.69, 9.17) is 4.74 Å². The number of benzene rings is 1. The fourth-order valence-electron chi connectivity index (χ4n) is 1.79. The Hall–Kier alpha value is -1.02. The molecule has 0 bridgehead atoms. The molecule has 0 amide bonds. The largest absolute Gasteiger partial charge is 0.493 e. The predicted octanol–water partition coefficient (Wildman–Crippen LogP) is 4.17. The van der Waals surface area contributed by atoms with E-state index >= 15 is 0 Å². The summed E-state index contributed by atoms with van der Waals surface area (Å²) >= 11 is 0. The SMILES string of the molecule is CCCNC(C)c1ccccc1OCC(C)CC. The van der Waals surface area contributed by atoms with Crippen LogP contribution in [-0.2, 0) is 0 Å². The summed E-state index contributed by atoms with van der Waals surface area (Å²) in [5.74, 6) is 1.63. The maximum Gasteiger partial charge on any atom is 0.124 e. The number of para-hydroxylation sites is 1. The minimum atomic E-state index is 0.345. The Morgan fingerprint density at radius 1 is 1.17 bits per heavy atom. The Morgan fingerprint density at radius 3 is 2.56 bits per heavy atom. The summed E-state index contributed by atoms with van der Waals surface area (Å²) in [5, 5.41) is 3.51. The summed E-state index contributed by atoms with van der Waals surface area (Å²) in [5.41, 5.74) is 1.26. The van der Waals surface area contributed by atoms with Gasteiger partial charge < -0.3 is 10.1 Å². The van der Waals surface area contributed by atoms with E-state index in [9.17, 15) is 0 Å². The van der Waals surface area contributed by atoms with Gasteiger partial charge in [-0.3, -0.25) is 0 Å². The van der Waals surface area contributed by atoms with Crippen LogP contribution in [-0.4, -0.2) is 13.2 Å². The quantitative estimate of drug-likeness (QED) is 0.746. The molecule has 1 aromatic carbocycles. The molecule has 2 nitrogen and oxygen atoms in total. The summed E-state index contributed by atoms with van der Waals surface area (Å²) in [7, 11) is 0. The minimum absolute atomic E-state index is 0.345. The summed E-state index contributed by atoms with van der Waals surface area (Å²) in [6, 6.07) is 8.69. The molecule has 1 rings (SSSR count). The van der Waals surface area contributed by atoms with Crippen molar-refractivity contribution in [1.82, 2.24) is 5.32 Å². The molecule has 0 spiro atoms. The van der Waals surface area contributed by atoms with Crippen molar-refractivity contribution < 1.29 is 4.74 Å². The van der Waals surface area contributed by atoms with E-state index in [2.05, 4.69) is 51.2 Å². The van der Waals surface area contributed by atoms with Crippen molar-refractivity contribution in [2.45, 2.75) is 46.6 Å². The summed E-state index contributed by atoms with van der Waals surface area (Å²) in [6.45, 7) is 10.6. The molecule has 2 unspecified atom stereocenters. The molecule has 1 aromatic rings. The smallest absolute Gasteiger partial charge is 0.124 e. The van der Waals surface area contributed by atoms with E-state index in [-0.39, 0.29) is 0 Å². The van der Waals surface area contributed by atoms with Gasteiger partial charge in [0.1, 0.15) is 5.75 Å². The molecule has 2 atom stereocenters. The van der Waals surface area contributed by atoms with Gasteiger partial charge in [0.05, 0.1) is 6.61 Å². The van der Waals surface area contributed by atoms with E-state index in [0.29, 0.717) is 12.0 Å². The molecule has 0 saturated carbocycles. The van der Waals surface area contributed by atoms with Gasteiger partial charge in [0.2, 0.25) is 0 Å². The molecule has 1 N–H and O–H groups in total. The van der Waals surface area contributed by atoms with Crippen LogP contribution in [0, 0.1) is 5.92 Å². The van der Waals surface area contributed by atoms with Crippen molar-refractivity contribution in [2.75, 3.05) is 13.2 Å². The molecule has 0 fully saturated rings. The van der Waals surface area contributed by atoms with Gasteiger partial charge >= 0.3 is 0 Å². The van der Waals surface area contributed by atoms with Gasteiger partial charge in [-0.1, -0.05) is 45.4 Å². The first-order chi connectivity index (χ1) is 8.69. The third-order valence-corrected chi connectivity index (χ3v) is 3.31. The van der Waals surface area contributed by atoms with E-state index in [1.54, 1.807) is 0 Å². The van der Waals surface area contributed by atoms with E-state index in [0.717, 1.165) is 31.7 Å². The molecule has 2 heteroatoms. The molecule has 0 aliphatic heterocycles. The second-order valence-electron chi connectivity index (χ2n) is 5.04. The standard InChI is InChI=1S/C16H27NO/c1-5-11-17-14(4)15-9-7-8-10-16(15)18-12-13(3)6-2/h7-10,13-14,17H,5-6,11-12H2,1-4H3. The van der Waals surface area contributed by atoms with Crippen molar-refractivity contribution in [3.8, 4) is 5.75 Å². The Morgan fingerprint density at radius 2 is 1.89 bits per heavy atom. The van der Waals surface area contributed by atoms with Crippen LogP contribution in [0.3, 0.4) is 0 Å². The lowest BCUT2D eigenvalue weighted by molar-refractivity contribution is 0.252. The number of rotatable bonds is 8. The molecule has 0 aliphatic carbocycles. The Kier molecular flexibility index (Phi) is 6.81. The van der Waals surface area contributed by atoms with Crippen LogP contribution < -0.4 is 10.1 Å². The summed E-state index contributed by atoms with van der Waals surface area (Å²) in [6.07, 6.45) is 2.31. The van der Waals surface area contributed by atoms with Crippen molar-refractivity contribution in [3.05, 3.63) is 29.8 Å². The van der Waals surface area contributed by atoms with Gasteiger partial charge in [-0.2, -0.15) is 0 Å². The normalized spacial score (nSPS) is 14.2. The first-order valence-electron chi connectivity index (χ1n) is 7.14. The number of hydrogen-bond donors (Lipinski definition) is 1. The zero-order chi connectivity index (χ0) is 13.4. The Balaban J connectivity index is 2.66. The van der Waals surface area contributed by atoms with Crippen LogP contribution in [0.2, 0.25) is 0 Å². The Bertz CT molecular complexity index is 338. The third-order valence-electron chi connectivity index (χ3n) is 3.31. The van der Waals surface area contributed by atoms with Gasteiger partial charge in [-0.15, -0.1) is 0 Å². The van der Waals surface area contributed by atoms with E-state index in [1.165, 1.54) is 5.56 Å². The van der Waals surface area contributed by atoms with Crippen LogP contribution in [0.4, 0.5) is 0 Å². The first-order valence-corrected chi connectivity index (χ1v) is 7.14. The van der Waals surface area contributed by atoms with Crippen molar-refractivity contribution in [2.24, 2.45) is 5.92 Å². The average Bonchev–Trinajstić information content (AvgIpc) is 2.42. The molecule has 0 aromatic heterocycles. The second-order valence-corrected chi connectivity index (χ2v) is 5.04. The summed E-state index contributed by atoms with van der Waals surface area (Å²) < 4.78 is 5.95. The van der Waals surface area contributed by atoms with Gasteiger partial charge in [0.15, 0.2) is 0 Å². The van der Waals surface area contributed by atoms with Crippen LogP contribution in [0.1, 0.15) is 52.1 Å². The number of hydrogen-bond acceptors (Lipinski definition) is 2. The second kappa shape index (κ2) is 8.15. The fraction of sp³-hybridized carbons (Fsp3) is 0.625. The third kappa shape index (κ3) is 4.69. The van der Waals surface area contributed by atoms with Gasteiger partial charge in [-0.05, 0) is 31.9 Å². The van der Waals surface area contributed by atoms with Crippen molar-refractivity contribution in [3.63, 3.8) is 0 Å². The van der Waals surface area contributed by atoms with Crippen LogP contribution in [0.5, 0.6) is 5.75 Å². The average molecular weight is 249 g/mol. The topological polar surface area (TPSA) is 21.3 Å². The van der Waals surface area contributed by atoms with E-state index < -0.39 is 0 Å². The highest BCUT2D eigenvalue weighted by atomic mass is 16.5. The monoisotopic (exact) mass is 249 g/mol. The molecule has 0 heterocycles. The Labute approximate surface area is 112 Å². The van der Waals surface area contributed by atoms with Crippen molar-refractivity contribution >= 4 is 0 Å². The molecule has 0 radical (unpaired) electrons. The first kappa shape index (κ1) is 15.0. The zero-order valence-electron chi connectivity index (χ0n) is 12.2. The lowest BCUT2D eigenvalue weighted by atomic mass is 10.1. The fourth-order valence-corrected chi connectivity index (χ4v) is 1.79. The minimum Gasteiger partial charge on any atom is -0.493 e. The maximum atomic E-state index is 5.95. The molecular weight excluding hydrogens is 222 g/mol. The lowest BCUT2D eigenvalue weighted by Gasteiger charge is -2.19. The van der Waals surface area contributed by atoms with Crippen LogP contribution in [0.15, 0.2) is 24.3 Å². The lowest BCUT2D eigenvalue weighted by Crippen LogP contribution is -2.20.